The van der Waals surface area contributed by atoms with E-state index < -0.39 is 0 Å². The fraction of sp³-hybridized carbons (Fsp3) is 0.417. The van der Waals surface area contributed by atoms with E-state index in [2.05, 4.69) is 35.9 Å². The third-order valence-electron chi connectivity index (χ3n) is 2.96. The molecule has 3 rings (SSSR count). The van der Waals surface area contributed by atoms with Crippen molar-refractivity contribution < 1.29 is 0 Å². The molecule has 1 fully saturated rings. The van der Waals surface area contributed by atoms with Crippen molar-refractivity contribution in [2.75, 3.05) is 5.75 Å². The molecule has 0 saturated carbocycles. The zero-order valence-electron chi connectivity index (χ0n) is 8.81. The Kier molecular flexibility index (Phi) is 2.20. The normalized spacial score (nSPS) is 21.3. The number of pyridine rings is 1. The maximum absolute atomic E-state index is 4.74. The molecule has 0 radical (unpaired) electrons. The molecule has 1 atom stereocenters. The third kappa shape index (κ3) is 1.55. The summed E-state index contributed by atoms with van der Waals surface area (Å²) in [7, 11) is 0. The average Bonchev–Trinajstić information content (AvgIpc) is 2.86. The van der Waals surface area contributed by atoms with Crippen molar-refractivity contribution in [3.8, 4) is 0 Å². The van der Waals surface area contributed by atoms with E-state index in [-0.39, 0.29) is 0 Å². The Morgan fingerprint density at radius 1 is 1.53 bits per heavy atom. The van der Waals surface area contributed by atoms with Gasteiger partial charge in [-0.05, 0) is 37.1 Å². The molecule has 2 nitrogen and oxygen atoms in total. The number of aryl methyl sites for hydroxylation is 1. The second kappa shape index (κ2) is 3.56. The standard InChI is InChI=1S/C12H14N2S/c1-9-4-2-6-14-8-10(13-12(9)14)11-5-3-7-15-11/h2,4,6,8,11H,3,5,7H2,1H3. The number of hydrogen-bond acceptors (Lipinski definition) is 2. The molecule has 1 aliphatic heterocycles. The summed E-state index contributed by atoms with van der Waals surface area (Å²) in [6, 6.07) is 4.20. The number of aromatic nitrogens is 2. The predicted molar refractivity (Wildman–Crippen MR) is 64.4 cm³/mol. The Hall–Kier alpha value is -0.960. The number of rotatable bonds is 1. The van der Waals surface area contributed by atoms with E-state index >= 15 is 0 Å². The zero-order chi connectivity index (χ0) is 10.3. The zero-order valence-corrected chi connectivity index (χ0v) is 9.63. The summed E-state index contributed by atoms with van der Waals surface area (Å²) in [6.07, 6.45) is 6.89. The lowest BCUT2D eigenvalue weighted by atomic mass is 10.2. The highest BCUT2D eigenvalue weighted by Gasteiger charge is 2.20. The van der Waals surface area contributed by atoms with Gasteiger partial charge in [0.05, 0.1) is 5.69 Å². The van der Waals surface area contributed by atoms with Gasteiger partial charge in [0.2, 0.25) is 0 Å². The first kappa shape index (κ1) is 9.28. The van der Waals surface area contributed by atoms with E-state index in [0.717, 1.165) is 5.65 Å². The van der Waals surface area contributed by atoms with Crippen molar-refractivity contribution in [3.05, 3.63) is 35.8 Å². The van der Waals surface area contributed by atoms with Crippen LogP contribution in [0.5, 0.6) is 0 Å². The van der Waals surface area contributed by atoms with Crippen LogP contribution in [0.15, 0.2) is 24.5 Å². The Labute approximate surface area is 93.7 Å². The van der Waals surface area contributed by atoms with E-state index in [1.54, 1.807) is 0 Å². The number of thioether (sulfide) groups is 1. The maximum Gasteiger partial charge on any atom is 0.139 e. The summed E-state index contributed by atoms with van der Waals surface area (Å²) >= 11 is 2.04. The molecular weight excluding hydrogens is 204 g/mol. The number of hydrogen-bond donors (Lipinski definition) is 0. The minimum absolute atomic E-state index is 0.629. The summed E-state index contributed by atoms with van der Waals surface area (Å²) in [6.45, 7) is 2.12. The average molecular weight is 218 g/mol. The van der Waals surface area contributed by atoms with E-state index in [0.29, 0.717) is 5.25 Å². The van der Waals surface area contributed by atoms with Gasteiger partial charge in [-0.2, -0.15) is 11.8 Å². The van der Waals surface area contributed by atoms with Crippen molar-refractivity contribution in [1.82, 2.24) is 9.38 Å². The van der Waals surface area contributed by atoms with Crippen LogP contribution in [0.4, 0.5) is 0 Å². The van der Waals surface area contributed by atoms with Crippen molar-refractivity contribution in [3.63, 3.8) is 0 Å². The van der Waals surface area contributed by atoms with Crippen LogP contribution in [0.3, 0.4) is 0 Å². The molecule has 0 aromatic carbocycles. The molecule has 3 heterocycles. The van der Waals surface area contributed by atoms with Crippen molar-refractivity contribution >= 4 is 17.4 Å². The van der Waals surface area contributed by atoms with Gasteiger partial charge < -0.3 is 4.40 Å². The summed E-state index contributed by atoms with van der Waals surface area (Å²) in [5.41, 5.74) is 3.62. The van der Waals surface area contributed by atoms with E-state index in [4.69, 9.17) is 4.98 Å². The van der Waals surface area contributed by atoms with Crippen LogP contribution >= 0.6 is 11.8 Å². The molecule has 0 N–H and O–H groups in total. The number of imidazole rings is 1. The van der Waals surface area contributed by atoms with Crippen LogP contribution in [0, 0.1) is 6.92 Å². The summed E-state index contributed by atoms with van der Waals surface area (Å²) in [5.74, 6) is 1.29. The summed E-state index contributed by atoms with van der Waals surface area (Å²) in [5, 5.41) is 0.629. The summed E-state index contributed by atoms with van der Waals surface area (Å²) in [4.78, 5) is 4.74. The predicted octanol–water partition coefficient (Wildman–Crippen LogP) is 3.21. The molecule has 1 unspecified atom stereocenters. The molecule has 2 aromatic heterocycles. The van der Waals surface area contributed by atoms with Crippen LogP contribution < -0.4 is 0 Å². The Morgan fingerprint density at radius 3 is 3.20 bits per heavy atom. The van der Waals surface area contributed by atoms with Crippen LogP contribution in [-0.4, -0.2) is 15.1 Å². The van der Waals surface area contributed by atoms with Gasteiger partial charge in [-0.15, -0.1) is 0 Å². The minimum atomic E-state index is 0.629. The van der Waals surface area contributed by atoms with Crippen LogP contribution in [0.2, 0.25) is 0 Å². The van der Waals surface area contributed by atoms with Crippen molar-refractivity contribution in [2.24, 2.45) is 0 Å². The summed E-state index contributed by atoms with van der Waals surface area (Å²) < 4.78 is 2.14. The molecule has 1 aliphatic rings. The molecule has 0 aliphatic carbocycles. The second-order valence-electron chi connectivity index (χ2n) is 4.09. The quantitative estimate of drug-likeness (QED) is 0.731. The highest BCUT2D eigenvalue weighted by molar-refractivity contribution is 7.99. The third-order valence-corrected chi connectivity index (χ3v) is 4.36. The second-order valence-corrected chi connectivity index (χ2v) is 5.40. The molecule has 3 heteroatoms. The largest absolute Gasteiger partial charge is 0.307 e. The molecule has 15 heavy (non-hydrogen) atoms. The highest BCUT2D eigenvalue weighted by atomic mass is 32.2. The first-order chi connectivity index (χ1) is 7.34. The fourth-order valence-electron chi connectivity index (χ4n) is 2.14. The lowest BCUT2D eigenvalue weighted by Gasteiger charge is -2.01. The monoisotopic (exact) mass is 218 g/mol. The molecule has 0 bridgehead atoms. The topological polar surface area (TPSA) is 17.3 Å². The van der Waals surface area contributed by atoms with E-state index in [1.165, 1.54) is 29.9 Å². The molecule has 78 valence electrons. The van der Waals surface area contributed by atoms with Gasteiger partial charge in [0, 0.05) is 17.6 Å². The molecular formula is C12H14N2S. The SMILES string of the molecule is Cc1cccn2cc(C3CCCS3)nc12. The van der Waals surface area contributed by atoms with Gasteiger partial charge in [-0.1, -0.05) is 6.07 Å². The Morgan fingerprint density at radius 2 is 2.47 bits per heavy atom. The Balaban J connectivity index is 2.09. The maximum atomic E-state index is 4.74. The number of nitrogens with zero attached hydrogens (tertiary/aromatic N) is 2. The van der Waals surface area contributed by atoms with Gasteiger partial charge in [-0.25, -0.2) is 4.98 Å². The minimum Gasteiger partial charge on any atom is -0.307 e. The van der Waals surface area contributed by atoms with Gasteiger partial charge in [0.25, 0.3) is 0 Å². The van der Waals surface area contributed by atoms with E-state index in [9.17, 15) is 0 Å². The van der Waals surface area contributed by atoms with Crippen LogP contribution in [-0.2, 0) is 0 Å². The molecule has 2 aromatic rings. The fourth-order valence-corrected chi connectivity index (χ4v) is 3.37. The Bertz CT molecular complexity index is 483. The van der Waals surface area contributed by atoms with Crippen LogP contribution in [0.1, 0.15) is 29.3 Å². The van der Waals surface area contributed by atoms with Crippen molar-refractivity contribution in [1.29, 1.82) is 0 Å². The first-order valence-corrected chi connectivity index (χ1v) is 6.45. The lowest BCUT2D eigenvalue weighted by Crippen LogP contribution is -1.87. The number of fused-ring (bicyclic) bond motifs is 1. The van der Waals surface area contributed by atoms with Gasteiger partial charge >= 0.3 is 0 Å². The van der Waals surface area contributed by atoms with E-state index in [1.807, 2.05) is 11.8 Å². The van der Waals surface area contributed by atoms with Crippen molar-refractivity contribution in [2.45, 2.75) is 25.0 Å². The highest BCUT2D eigenvalue weighted by Crippen LogP contribution is 2.39. The van der Waals surface area contributed by atoms with Gasteiger partial charge in [0.1, 0.15) is 5.65 Å². The van der Waals surface area contributed by atoms with Gasteiger partial charge in [0.15, 0.2) is 0 Å². The first-order valence-electron chi connectivity index (χ1n) is 5.40. The molecule has 0 amide bonds. The lowest BCUT2D eigenvalue weighted by molar-refractivity contribution is 0.813. The van der Waals surface area contributed by atoms with Gasteiger partial charge in [-0.3, -0.25) is 0 Å². The van der Waals surface area contributed by atoms with Crippen LogP contribution in [0.25, 0.3) is 5.65 Å². The molecule has 1 saturated heterocycles. The smallest absolute Gasteiger partial charge is 0.139 e. The molecule has 0 spiro atoms.